The Morgan fingerprint density at radius 2 is 0.918 bits per heavy atom. The Morgan fingerprint density at radius 1 is 0.492 bits per heavy atom. The van der Waals surface area contributed by atoms with Crippen LogP contribution in [0.5, 0.6) is 0 Å². The Hall–Kier alpha value is -2.44. The van der Waals surface area contributed by atoms with Gasteiger partial charge >= 0.3 is 5.97 Å². The van der Waals surface area contributed by atoms with Crippen LogP contribution in [0, 0.1) is 0 Å². The summed E-state index contributed by atoms with van der Waals surface area (Å²) in [6.45, 7) is 6.32. The van der Waals surface area contributed by atoms with Gasteiger partial charge in [0, 0.05) is 6.42 Å². The number of nitrogens with one attached hydrogen (secondary N) is 1. The van der Waals surface area contributed by atoms with Gasteiger partial charge in [-0.1, -0.05) is 236 Å². The van der Waals surface area contributed by atoms with Gasteiger partial charge in [-0.2, -0.15) is 0 Å². The van der Waals surface area contributed by atoms with Crippen LogP contribution in [0.4, 0.5) is 0 Å². The molecule has 0 spiro atoms. The van der Waals surface area contributed by atoms with Crippen molar-refractivity contribution in [1.29, 1.82) is 0 Å². The summed E-state index contributed by atoms with van der Waals surface area (Å²) in [6, 6.07) is -0.724. The van der Waals surface area contributed by atoms with Crippen molar-refractivity contribution >= 4 is 11.9 Å². The van der Waals surface area contributed by atoms with Gasteiger partial charge in [0.25, 0.3) is 0 Å². The van der Waals surface area contributed by atoms with Crippen molar-refractivity contribution in [2.45, 2.75) is 270 Å². The third-order valence-electron chi connectivity index (χ3n) is 11.7. The molecule has 6 nitrogen and oxygen atoms in total. The highest BCUT2D eigenvalue weighted by Crippen LogP contribution is 2.17. The average molecular weight is 854 g/mol. The first-order valence-corrected chi connectivity index (χ1v) is 26.1. The summed E-state index contributed by atoms with van der Waals surface area (Å²) in [5, 5.41) is 23.7. The van der Waals surface area contributed by atoms with Crippen LogP contribution in [-0.4, -0.2) is 46.9 Å². The lowest BCUT2D eigenvalue weighted by Gasteiger charge is -2.24. The van der Waals surface area contributed by atoms with E-state index in [1.807, 2.05) is 36.5 Å². The van der Waals surface area contributed by atoms with Crippen molar-refractivity contribution in [3.63, 3.8) is 0 Å². The molecule has 0 aliphatic rings. The standard InChI is InChI=1S/C55H99NO5/c1-4-7-10-13-16-19-22-24-25-26-27-28-30-33-36-39-42-45-48-55(60)61-51(46-43-40-37-34-31-21-18-15-12-9-6-3)49-54(59)56-52(50-57)53(58)47-44-41-38-35-32-29-23-20-17-14-11-8-5-2/h9,12,15,18,21,27-28,31,34,37,51-53,57-58H,4-8,10-11,13-14,16-17,19-20,22-26,29-30,32-33,35-36,38-50H2,1-3H3,(H,56,59)/b12-9+,18-15+,28-27+,31-21-,37-34-. The maximum atomic E-state index is 13.2. The number of hydrogen-bond donors (Lipinski definition) is 3. The largest absolute Gasteiger partial charge is 0.462 e. The summed E-state index contributed by atoms with van der Waals surface area (Å²) in [5.41, 5.74) is 0. The van der Waals surface area contributed by atoms with Gasteiger partial charge in [-0.25, -0.2) is 0 Å². The molecule has 0 aliphatic carbocycles. The number of hydrogen-bond acceptors (Lipinski definition) is 5. The molecule has 0 saturated carbocycles. The van der Waals surface area contributed by atoms with Crippen molar-refractivity contribution in [1.82, 2.24) is 5.32 Å². The highest BCUT2D eigenvalue weighted by atomic mass is 16.5. The van der Waals surface area contributed by atoms with Crippen LogP contribution in [0.2, 0.25) is 0 Å². The highest BCUT2D eigenvalue weighted by molar-refractivity contribution is 5.77. The first-order chi connectivity index (χ1) is 30.0. The predicted molar refractivity (Wildman–Crippen MR) is 264 cm³/mol. The molecule has 3 atom stereocenters. The maximum Gasteiger partial charge on any atom is 0.306 e. The second-order valence-corrected chi connectivity index (χ2v) is 17.6. The molecule has 0 bridgehead atoms. The molecule has 0 saturated heterocycles. The number of allylic oxidation sites excluding steroid dienone is 10. The molecule has 0 aliphatic heterocycles. The van der Waals surface area contributed by atoms with E-state index >= 15 is 0 Å². The number of carbonyl (C=O) groups excluding carboxylic acids is 2. The third-order valence-corrected chi connectivity index (χ3v) is 11.7. The SMILES string of the molecule is CC/C=C/C=C/C=C\C=C/CCCC(CC(=O)NC(CO)C(O)CCCCCCCCCCCCCCC)OC(=O)CCCCCCC/C=C/CCCCCCCCCCC. The molecule has 0 rings (SSSR count). The Bertz CT molecular complexity index is 1090. The molecule has 354 valence electrons. The van der Waals surface area contributed by atoms with Gasteiger partial charge in [-0.3, -0.25) is 9.59 Å². The van der Waals surface area contributed by atoms with E-state index in [0.29, 0.717) is 19.3 Å². The molecule has 0 fully saturated rings. The van der Waals surface area contributed by atoms with E-state index in [1.54, 1.807) is 0 Å². The van der Waals surface area contributed by atoms with Crippen LogP contribution >= 0.6 is 0 Å². The Morgan fingerprint density at radius 3 is 1.41 bits per heavy atom. The molecule has 3 N–H and O–H groups in total. The number of ether oxygens (including phenoxy) is 1. The number of aliphatic hydroxyl groups is 2. The summed E-state index contributed by atoms with van der Waals surface area (Å²) in [6.07, 6.45) is 60.1. The monoisotopic (exact) mass is 854 g/mol. The highest BCUT2D eigenvalue weighted by Gasteiger charge is 2.24. The van der Waals surface area contributed by atoms with Crippen molar-refractivity contribution in [3.05, 3.63) is 60.8 Å². The second kappa shape index (κ2) is 48.6. The van der Waals surface area contributed by atoms with Gasteiger partial charge in [0.1, 0.15) is 6.10 Å². The quantitative estimate of drug-likeness (QED) is 0.0245. The van der Waals surface area contributed by atoms with Gasteiger partial charge in [0.2, 0.25) is 5.91 Å². The lowest BCUT2D eigenvalue weighted by Crippen LogP contribution is -2.46. The van der Waals surface area contributed by atoms with Crippen molar-refractivity contribution in [2.24, 2.45) is 0 Å². The number of carbonyl (C=O) groups is 2. The van der Waals surface area contributed by atoms with Crippen molar-refractivity contribution < 1.29 is 24.5 Å². The van der Waals surface area contributed by atoms with Crippen LogP contribution < -0.4 is 5.32 Å². The number of esters is 1. The topological polar surface area (TPSA) is 95.9 Å². The zero-order valence-electron chi connectivity index (χ0n) is 40.3. The minimum absolute atomic E-state index is 0.0278. The summed E-state index contributed by atoms with van der Waals surface area (Å²) < 4.78 is 5.89. The Kier molecular flexibility index (Phi) is 46.6. The number of unbranched alkanes of at least 4 members (excludes halogenated alkanes) is 27. The fraction of sp³-hybridized carbons (Fsp3) is 0.782. The van der Waals surface area contributed by atoms with Gasteiger partial charge in [0.05, 0.1) is 25.2 Å². The lowest BCUT2D eigenvalue weighted by molar-refractivity contribution is -0.151. The van der Waals surface area contributed by atoms with E-state index in [-0.39, 0.29) is 24.9 Å². The molecule has 0 radical (unpaired) electrons. The normalized spacial score (nSPS) is 13.7. The molecular weight excluding hydrogens is 755 g/mol. The number of amides is 1. The first kappa shape index (κ1) is 58.6. The van der Waals surface area contributed by atoms with E-state index in [4.69, 9.17) is 4.74 Å². The molecular formula is C55H99NO5. The average Bonchev–Trinajstić information content (AvgIpc) is 3.25. The van der Waals surface area contributed by atoms with Crippen LogP contribution in [0.15, 0.2) is 60.8 Å². The summed E-state index contributed by atoms with van der Waals surface area (Å²) in [4.78, 5) is 26.1. The maximum absolute atomic E-state index is 13.2. The fourth-order valence-corrected chi connectivity index (χ4v) is 7.74. The van der Waals surface area contributed by atoms with Gasteiger partial charge in [0.15, 0.2) is 0 Å². The first-order valence-electron chi connectivity index (χ1n) is 26.1. The summed E-state index contributed by atoms with van der Waals surface area (Å²) in [7, 11) is 0. The minimum atomic E-state index is -0.807. The molecule has 1 amide bonds. The van der Waals surface area contributed by atoms with Crippen LogP contribution in [0.1, 0.15) is 252 Å². The third kappa shape index (κ3) is 44.0. The zero-order valence-corrected chi connectivity index (χ0v) is 40.3. The Labute approximate surface area is 378 Å². The van der Waals surface area contributed by atoms with Gasteiger partial charge in [-0.05, 0) is 64.2 Å². The molecule has 0 aromatic heterocycles. The van der Waals surface area contributed by atoms with Crippen LogP contribution in [-0.2, 0) is 14.3 Å². The lowest BCUT2D eigenvalue weighted by atomic mass is 10.0. The van der Waals surface area contributed by atoms with Crippen LogP contribution in [0.3, 0.4) is 0 Å². The van der Waals surface area contributed by atoms with E-state index in [0.717, 1.165) is 64.2 Å². The van der Waals surface area contributed by atoms with E-state index in [2.05, 4.69) is 50.4 Å². The van der Waals surface area contributed by atoms with Gasteiger partial charge < -0.3 is 20.3 Å². The van der Waals surface area contributed by atoms with Gasteiger partial charge in [-0.15, -0.1) is 0 Å². The summed E-state index contributed by atoms with van der Waals surface area (Å²) >= 11 is 0. The van der Waals surface area contributed by atoms with Crippen molar-refractivity contribution in [3.8, 4) is 0 Å². The second-order valence-electron chi connectivity index (χ2n) is 17.6. The number of aliphatic hydroxyl groups excluding tert-OH is 2. The number of rotatable bonds is 46. The summed E-state index contributed by atoms with van der Waals surface area (Å²) in [5.74, 6) is -0.549. The molecule has 6 heteroatoms. The molecule has 61 heavy (non-hydrogen) atoms. The smallest absolute Gasteiger partial charge is 0.306 e. The van der Waals surface area contributed by atoms with Crippen LogP contribution in [0.25, 0.3) is 0 Å². The molecule has 0 aromatic rings. The minimum Gasteiger partial charge on any atom is -0.462 e. The molecule has 3 unspecified atom stereocenters. The predicted octanol–water partition coefficient (Wildman–Crippen LogP) is 15.6. The fourth-order valence-electron chi connectivity index (χ4n) is 7.74. The molecule has 0 aromatic carbocycles. The van der Waals surface area contributed by atoms with E-state index in [1.165, 1.54) is 141 Å². The zero-order chi connectivity index (χ0) is 44.5. The molecule has 0 heterocycles. The Balaban J connectivity index is 4.57. The van der Waals surface area contributed by atoms with Crippen molar-refractivity contribution in [2.75, 3.05) is 6.61 Å². The van der Waals surface area contributed by atoms with E-state index < -0.39 is 18.2 Å². The van der Waals surface area contributed by atoms with E-state index in [9.17, 15) is 19.8 Å².